The molecule has 8 heteroatoms. The van der Waals surface area contributed by atoms with Crippen LogP contribution in [0.2, 0.25) is 5.02 Å². The van der Waals surface area contributed by atoms with Crippen molar-refractivity contribution in [3.63, 3.8) is 0 Å². The van der Waals surface area contributed by atoms with E-state index < -0.39 is 0 Å². The van der Waals surface area contributed by atoms with E-state index in [9.17, 15) is 0 Å². The summed E-state index contributed by atoms with van der Waals surface area (Å²) in [6.45, 7) is 0. The monoisotopic (exact) mass is 371 g/mol. The lowest BCUT2D eigenvalue weighted by atomic mass is 9.93. The number of methoxy groups -OCH3 is 2. The molecule has 0 bridgehead atoms. The number of anilines is 1. The number of rotatable bonds is 4. The number of benzene rings is 2. The zero-order valence-corrected chi connectivity index (χ0v) is 15.1. The van der Waals surface area contributed by atoms with Gasteiger partial charge in [0.05, 0.1) is 26.3 Å². The van der Waals surface area contributed by atoms with Crippen molar-refractivity contribution in [1.29, 1.82) is 0 Å². The molecule has 0 amide bonds. The summed E-state index contributed by atoms with van der Waals surface area (Å²) in [6.07, 6.45) is 0.787. The number of halogens is 1. The molecule has 3 aromatic rings. The number of hydrogen-bond donors (Lipinski definition) is 1. The highest BCUT2D eigenvalue weighted by molar-refractivity contribution is 6.30. The third-order valence-corrected chi connectivity index (χ3v) is 4.87. The Kier molecular flexibility index (Phi) is 4.38. The molecule has 26 heavy (non-hydrogen) atoms. The third kappa shape index (κ3) is 2.94. The highest BCUT2D eigenvalue weighted by Gasteiger charge is 2.31. The van der Waals surface area contributed by atoms with E-state index in [-0.39, 0.29) is 12.1 Å². The zero-order chi connectivity index (χ0) is 18.1. The van der Waals surface area contributed by atoms with Gasteiger partial charge in [-0.3, -0.25) is 0 Å². The summed E-state index contributed by atoms with van der Waals surface area (Å²) in [5, 5.41) is 16.2. The molecule has 0 unspecified atom stereocenters. The topological polar surface area (TPSA) is 74.1 Å². The average molecular weight is 372 g/mol. The predicted octanol–water partition coefficient (Wildman–Crippen LogP) is 3.49. The van der Waals surface area contributed by atoms with E-state index in [0.717, 1.165) is 17.5 Å². The van der Waals surface area contributed by atoms with Crippen LogP contribution in [-0.2, 0) is 0 Å². The van der Waals surface area contributed by atoms with Gasteiger partial charge in [0.15, 0.2) is 11.5 Å². The number of hydrogen-bond acceptors (Lipinski definition) is 6. The molecule has 0 saturated carbocycles. The molecule has 2 atom stereocenters. The number of fused-ring (bicyclic) bond motifs is 1. The Morgan fingerprint density at radius 3 is 2.50 bits per heavy atom. The number of nitrogens with zero attached hydrogens (tertiary/aromatic N) is 4. The summed E-state index contributed by atoms with van der Waals surface area (Å²) < 4.78 is 12.6. The molecule has 0 spiro atoms. The van der Waals surface area contributed by atoms with Crippen molar-refractivity contribution in [3.8, 4) is 11.5 Å². The van der Waals surface area contributed by atoms with Gasteiger partial charge >= 0.3 is 0 Å². The SMILES string of the molecule is COc1ccc([C@H]2C[C@@H](c3ccc(Cl)cc3)Nc3nnnn32)cc1OC. The van der Waals surface area contributed by atoms with Gasteiger partial charge in [-0.15, -0.1) is 0 Å². The molecule has 0 saturated heterocycles. The van der Waals surface area contributed by atoms with Crippen molar-refractivity contribution >= 4 is 17.5 Å². The quantitative estimate of drug-likeness (QED) is 0.756. The van der Waals surface area contributed by atoms with Gasteiger partial charge in [-0.05, 0) is 52.2 Å². The fourth-order valence-corrected chi connectivity index (χ4v) is 3.41. The lowest BCUT2D eigenvalue weighted by Gasteiger charge is -2.31. The molecular formula is C18H18ClN5O2. The summed E-state index contributed by atoms with van der Waals surface area (Å²) in [5.41, 5.74) is 2.19. The molecule has 2 aromatic carbocycles. The van der Waals surface area contributed by atoms with E-state index in [2.05, 4.69) is 20.8 Å². The number of nitrogens with one attached hydrogen (secondary N) is 1. The van der Waals surface area contributed by atoms with Crippen molar-refractivity contribution in [2.75, 3.05) is 19.5 Å². The van der Waals surface area contributed by atoms with Gasteiger partial charge in [0.25, 0.3) is 0 Å². The molecule has 2 heterocycles. The van der Waals surface area contributed by atoms with Crippen LogP contribution in [0.5, 0.6) is 11.5 Å². The summed E-state index contributed by atoms with van der Waals surface area (Å²) in [6, 6.07) is 13.8. The first kappa shape index (κ1) is 16.7. The lowest BCUT2D eigenvalue weighted by molar-refractivity contribution is 0.352. The highest BCUT2D eigenvalue weighted by Crippen LogP contribution is 2.39. The zero-order valence-electron chi connectivity index (χ0n) is 14.4. The summed E-state index contributed by atoms with van der Waals surface area (Å²) in [7, 11) is 3.25. The first-order valence-electron chi connectivity index (χ1n) is 8.21. The Morgan fingerprint density at radius 1 is 1.04 bits per heavy atom. The van der Waals surface area contributed by atoms with Crippen molar-refractivity contribution < 1.29 is 9.47 Å². The van der Waals surface area contributed by atoms with Gasteiger partial charge < -0.3 is 14.8 Å². The fraction of sp³-hybridized carbons (Fsp3) is 0.278. The van der Waals surface area contributed by atoms with Gasteiger partial charge in [0.2, 0.25) is 5.95 Å². The molecule has 1 aliphatic heterocycles. The second-order valence-electron chi connectivity index (χ2n) is 6.06. The van der Waals surface area contributed by atoms with E-state index in [1.807, 2.05) is 42.5 Å². The Hall–Kier alpha value is -2.80. The van der Waals surface area contributed by atoms with Crippen LogP contribution in [0.15, 0.2) is 42.5 Å². The first-order valence-corrected chi connectivity index (χ1v) is 8.59. The van der Waals surface area contributed by atoms with E-state index in [1.54, 1.807) is 18.9 Å². The van der Waals surface area contributed by atoms with Crippen LogP contribution in [0.25, 0.3) is 0 Å². The van der Waals surface area contributed by atoms with Gasteiger partial charge in [-0.25, -0.2) is 4.68 Å². The molecule has 0 fully saturated rings. The second-order valence-corrected chi connectivity index (χ2v) is 6.50. The van der Waals surface area contributed by atoms with Crippen molar-refractivity contribution in [2.45, 2.75) is 18.5 Å². The minimum atomic E-state index is -0.0262. The molecule has 1 aliphatic rings. The van der Waals surface area contributed by atoms with Crippen LogP contribution in [0.3, 0.4) is 0 Å². The maximum atomic E-state index is 6.02. The molecule has 1 aromatic heterocycles. The maximum Gasteiger partial charge on any atom is 0.243 e. The first-order chi connectivity index (χ1) is 12.7. The van der Waals surface area contributed by atoms with Crippen LogP contribution in [0.1, 0.15) is 29.6 Å². The minimum Gasteiger partial charge on any atom is -0.493 e. The van der Waals surface area contributed by atoms with E-state index >= 15 is 0 Å². The van der Waals surface area contributed by atoms with Crippen LogP contribution in [0, 0.1) is 0 Å². The van der Waals surface area contributed by atoms with Crippen LogP contribution in [0.4, 0.5) is 5.95 Å². The molecule has 0 radical (unpaired) electrons. The second kappa shape index (κ2) is 6.84. The lowest BCUT2D eigenvalue weighted by Crippen LogP contribution is -2.28. The van der Waals surface area contributed by atoms with Crippen LogP contribution in [-0.4, -0.2) is 34.4 Å². The van der Waals surface area contributed by atoms with Crippen LogP contribution >= 0.6 is 11.6 Å². The normalized spacial score (nSPS) is 18.7. The number of aromatic nitrogens is 4. The number of tetrazole rings is 1. The summed E-state index contributed by atoms with van der Waals surface area (Å²) in [5.74, 6) is 2.01. The minimum absolute atomic E-state index is 0.0262. The summed E-state index contributed by atoms with van der Waals surface area (Å²) in [4.78, 5) is 0. The molecule has 4 rings (SSSR count). The smallest absolute Gasteiger partial charge is 0.243 e. The molecule has 7 nitrogen and oxygen atoms in total. The Bertz CT molecular complexity index is 912. The highest BCUT2D eigenvalue weighted by atomic mass is 35.5. The van der Waals surface area contributed by atoms with Crippen molar-refractivity contribution in [3.05, 3.63) is 58.6 Å². The van der Waals surface area contributed by atoms with Gasteiger partial charge in [0.1, 0.15) is 0 Å². The average Bonchev–Trinajstić information content (AvgIpc) is 3.16. The standard InChI is InChI=1S/C18H18ClN5O2/c1-25-16-8-5-12(9-17(16)26-2)15-10-14(11-3-6-13(19)7-4-11)20-18-21-22-23-24(15)18/h3-9,14-15H,10H2,1-2H3,(H,20,21,23)/t14-,15+/m0/s1. The van der Waals surface area contributed by atoms with Gasteiger partial charge in [0, 0.05) is 5.02 Å². The third-order valence-electron chi connectivity index (χ3n) is 4.62. The molecule has 134 valence electrons. The van der Waals surface area contributed by atoms with Crippen LogP contribution < -0.4 is 14.8 Å². The van der Waals surface area contributed by atoms with E-state index in [4.69, 9.17) is 21.1 Å². The predicted molar refractivity (Wildman–Crippen MR) is 97.9 cm³/mol. The molecular weight excluding hydrogens is 354 g/mol. The Balaban J connectivity index is 1.72. The molecule has 1 N–H and O–H groups in total. The Morgan fingerprint density at radius 2 is 1.77 bits per heavy atom. The Labute approximate surface area is 155 Å². The maximum absolute atomic E-state index is 6.02. The fourth-order valence-electron chi connectivity index (χ4n) is 3.29. The number of ether oxygens (including phenoxy) is 2. The van der Waals surface area contributed by atoms with E-state index in [0.29, 0.717) is 22.5 Å². The van der Waals surface area contributed by atoms with Gasteiger partial charge in [-0.1, -0.05) is 34.9 Å². The summed E-state index contributed by atoms with van der Waals surface area (Å²) >= 11 is 6.02. The van der Waals surface area contributed by atoms with E-state index in [1.165, 1.54) is 0 Å². The molecule has 0 aliphatic carbocycles. The van der Waals surface area contributed by atoms with Gasteiger partial charge in [-0.2, -0.15) is 0 Å². The van der Waals surface area contributed by atoms with Crippen molar-refractivity contribution in [1.82, 2.24) is 20.2 Å². The largest absolute Gasteiger partial charge is 0.493 e. The van der Waals surface area contributed by atoms with Crippen molar-refractivity contribution in [2.24, 2.45) is 0 Å².